The van der Waals surface area contributed by atoms with Crippen molar-refractivity contribution in [2.24, 2.45) is 11.8 Å². The summed E-state index contributed by atoms with van der Waals surface area (Å²) in [6.45, 7) is 4.79. The van der Waals surface area contributed by atoms with Crippen LogP contribution in [0.15, 0.2) is 54.9 Å². The van der Waals surface area contributed by atoms with Crippen LogP contribution in [0.4, 0.5) is 5.69 Å². The number of aryl methyl sites for hydroxylation is 1. The van der Waals surface area contributed by atoms with Gasteiger partial charge in [0.15, 0.2) is 0 Å². The molecule has 2 atom stereocenters. The Kier molecular flexibility index (Phi) is 6.72. The molecule has 0 saturated carbocycles. The molecule has 1 aliphatic heterocycles. The molecule has 31 heavy (non-hydrogen) atoms. The van der Waals surface area contributed by atoms with Crippen molar-refractivity contribution in [3.8, 4) is 5.69 Å². The molecular formula is C24H30N6O. The van der Waals surface area contributed by atoms with Crippen LogP contribution < -0.4 is 5.32 Å². The Hall–Kier alpha value is -3.06. The van der Waals surface area contributed by atoms with E-state index in [0.717, 1.165) is 35.2 Å². The lowest BCUT2D eigenvalue weighted by Crippen LogP contribution is -2.36. The van der Waals surface area contributed by atoms with Gasteiger partial charge in [0.05, 0.1) is 12.1 Å². The first-order valence-electron chi connectivity index (χ1n) is 11.0. The van der Waals surface area contributed by atoms with E-state index in [4.69, 9.17) is 0 Å². The van der Waals surface area contributed by atoms with E-state index in [1.807, 2.05) is 36.4 Å². The molecule has 1 saturated heterocycles. The highest BCUT2D eigenvalue weighted by Crippen LogP contribution is 2.27. The van der Waals surface area contributed by atoms with Crippen LogP contribution in [0.25, 0.3) is 5.69 Å². The molecule has 2 aromatic carbocycles. The second kappa shape index (κ2) is 9.83. The number of piperidine rings is 1. The number of carbonyl (C=O) groups excluding carboxylic acids is 1. The first kappa shape index (κ1) is 21.2. The number of carbonyl (C=O) groups is 1. The summed E-state index contributed by atoms with van der Waals surface area (Å²) in [5.74, 6) is 1.55. The molecule has 1 aliphatic rings. The minimum Gasteiger partial charge on any atom is -0.326 e. The molecule has 3 aromatic rings. The van der Waals surface area contributed by atoms with E-state index in [-0.39, 0.29) is 5.91 Å². The zero-order valence-electron chi connectivity index (χ0n) is 18.2. The lowest BCUT2D eigenvalue weighted by Gasteiger charge is -2.34. The summed E-state index contributed by atoms with van der Waals surface area (Å²) in [6, 6.07) is 15.9. The first-order valence-corrected chi connectivity index (χ1v) is 11.0. The van der Waals surface area contributed by atoms with Gasteiger partial charge in [-0.15, -0.1) is 5.10 Å². The number of tetrazole rings is 1. The predicted octanol–water partition coefficient (Wildman–Crippen LogP) is 3.36. The number of nitrogens with one attached hydrogen (secondary N) is 1. The number of likely N-dealkylation sites (tertiary alicyclic amines) is 1. The summed E-state index contributed by atoms with van der Waals surface area (Å²) in [4.78, 5) is 14.9. The lowest BCUT2D eigenvalue weighted by molar-refractivity contribution is -0.115. The molecule has 0 spiro atoms. The molecule has 7 nitrogen and oxygen atoms in total. The minimum atomic E-state index is -0.0249. The van der Waals surface area contributed by atoms with E-state index in [9.17, 15) is 4.79 Å². The van der Waals surface area contributed by atoms with Crippen molar-refractivity contribution in [1.29, 1.82) is 0 Å². The number of anilines is 1. The molecule has 1 aromatic heterocycles. The van der Waals surface area contributed by atoms with Crippen LogP contribution in [0.2, 0.25) is 0 Å². The summed E-state index contributed by atoms with van der Waals surface area (Å²) in [7, 11) is 2.21. The Morgan fingerprint density at radius 1 is 1.10 bits per heavy atom. The maximum Gasteiger partial charge on any atom is 0.228 e. The minimum absolute atomic E-state index is 0.0249. The van der Waals surface area contributed by atoms with Gasteiger partial charge in [0.25, 0.3) is 0 Å². The highest BCUT2D eigenvalue weighted by Gasteiger charge is 2.23. The molecule has 1 N–H and O–H groups in total. The quantitative estimate of drug-likeness (QED) is 0.637. The van der Waals surface area contributed by atoms with Crippen LogP contribution in [0.3, 0.4) is 0 Å². The van der Waals surface area contributed by atoms with Crippen molar-refractivity contribution < 1.29 is 4.79 Å². The third kappa shape index (κ3) is 5.76. The number of rotatable bonds is 7. The Balaban J connectivity index is 1.25. The summed E-state index contributed by atoms with van der Waals surface area (Å²) < 4.78 is 1.58. The predicted molar refractivity (Wildman–Crippen MR) is 121 cm³/mol. The fourth-order valence-corrected chi connectivity index (χ4v) is 4.38. The smallest absolute Gasteiger partial charge is 0.228 e. The van der Waals surface area contributed by atoms with E-state index in [2.05, 4.69) is 51.8 Å². The van der Waals surface area contributed by atoms with Gasteiger partial charge in [0.2, 0.25) is 5.91 Å². The molecular weight excluding hydrogens is 388 g/mol. The van der Waals surface area contributed by atoms with Gasteiger partial charge in [0, 0.05) is 12.2 Å². The molecule has 1 fully saturated rings. The van der Waals surface area contributed by atoms with Crippen molar-refractivity contribution in [3.63, 3.8) is 0 Å². The van der Waals surface area contributed by atoms with Gasteiger partial charge in [-0.2, -0.15) is 0 Å². The Labute approximate surface area is 183 Å². The largest absolute Gasteiger partial charge is 0.326 e. The topological polar surface area (TPSA) is 75.9 Å². The van der Waals surface area contributed by atoms with Gasteiger partial charge in [-0.1, -0.05) is 31.2 Å². The second-order valence-corrected chi connectivity index (χ2v) is 8.67. The van der Waals surface area contributed by atoms with Crippen LogP contribution in [0.5, 0.6) is 0 Å². The standard InChI is InChI=1S/C24H30N6O/c1-18-16-29(2)14-13-21(18)8-3-19-4-9-22(10-5-19)26-24(31)15-20-6-11-23(12-7-20)30-17-25-27-28-30/h4-7,9-12,17-18,21H,3,8,13-16H2,1-2H3,(H,26,31). The molecule has 4 rings (SSSR count). The van der Waals surface area contributed by atoms with Gasteiger partial charge >= 0.3 is 0 Å². The van der Waals surface area contributed by atoms with Gasteiger partial charge < -0.3 is 10.2 Å². The Morgan fingerprint density at radius 2 is 1.84 bits per heavy atom. The van der Waals surface area contributed by atoms with Crippen LogP contribution in [-0.2, 0) is 17.6 Å². The van der Waals surface area contributed by atoms with Crippen LogP contribution in [0, 0.1) is 11.8 Å². The summed E-state index contributed by atoms with van der Waals surface area (Å²) in [6.07, 6.45) is 5.50. The number of amides is 1. The number of nitrogens with zero attached hydrogens (tertiary/aromatic N) is 5. The van der Waals surface area contributed by atoms with E-state index in [0.29, 0.717) is 6.42 Å². The molecule has 1 amide bonds. The number of hydrogen-bond donors (Lipinski definition) is 1. The average molecular weight is 419 g/mol. The molecule has 0 bridgehead atoms. The molecule has 0 radical (unpaired) electrons. The fourth-order valence-electron chi connectivity index (χ4n) is 4.38. The lowest BCUT2D eigenvalue weighted by atomic mass is 9.83. The monoisotopic (exact) mass is 418 g/mol. The van der Waals surface area contributed by atoms with Crippen molar-refractivity contribution in [2.45, 2.75) is 32.6 Å². The number of hydrogen-bond acceptors (Lipinski definition) is 5. The maximum absolute atomic E-state index is 12.4. The zero-order chi connectivity index (χ0) is 21.6. The third-order valence-corrected chi connectivity index (χ3v) is 6.24. The molecule has 2 unspecified atom stereocenters. The SMILES string of the molecule is CC1CN(C)CCC1CCc1ccc(NC(=O)Cc2ccc(-n3cnnn3)cc2)cc1. The van der Waals surface area contributed by atoms with Crippen LogP contribution in [0.1, 0.15) is 30.9 Å². The third-order valence-electron chi connectivity index (χ3n) is 6.24. The van der Waals surface area contributed by atoms with E-state index in [1.54, 1.807) is 11.0 Å². The maximum atomic E-state index is 12.4. The Bertz CT molecular complexity index is 968. The van der Waals surface area contributed by atoms with Crippen LogP contribution >= 0.6 is 0 Å². The highest BCUT2D eigenvalue weighted by atomic mass is 16.1. The normalized spacial score (nSPS) is 19.3. The zero-order valence-corrected chi connectivity index (χ0v) is 18.2. The van der Waals surface area contributed by atoms with Gasteiger partial charge in [-0.05, 0) is 90.5 Å². The van der Waals surface area contributed by atoms with Crippen molar-refractivity contribution >= 4 is 11.6 Å². The van der Waals surface area contributed by atoms with Gasteiger partial charge in [0.1, 0.15) is 6.33 Å². The van der Waals surface area contributed by atoms with Crippen LogP contribution in [-0.4, -0.2) is 51.2 Å². The molecule has 0 aliphatic carbocycles. The van der Waals surface area contributed by atoms with E-state index in [1.165, 1.54) is 31.5 Å². The summed E-state index contributed by atoms with van der Waals surface area (Å²) in [5, 5.41) is 14.1. The van der Waals surface area contributed by atoms with Crippen molar-refractivity contribution in [3.05, 3.63) is 66.0 Å². The van der Waals surface area contributed by atoms with Gasteiger partial charge in [-0.25, -0.2) is 4.68 Å². The van der Waals surface area contributed by atoms with E-state index < -0.39 is 0 Å². The number of benzene rings is 2. The molecule has 2 heterocycles. The fraction of sp³-hybridized carbons (Fsp3) is 0.417. The second-order valence-electron chi connectivity index (χ2n) is 8.67. The van der Waals surface area contributed by atoms with Crippen molar-refractivity contribution in [1.82, 2.24) is 25.1 Å². The number of aromatic nitrogens is 4. The first-order chi connectivity index (χ1) is 15.1. The van der Waals surface area contributed by atoms with Crippen molar-refractivity contribution in [2.75, 3.05) is 25.5 Å². The Morgan fingerprint density at radius 3 is 2.52 bits per heavy atom. The summed E-state index contributed by atoms with van der Waals surface area (Å²) >= 11 is 0. The average Bonchev–Trinajstić information content (AvgIpc) is 3.30. The molecule has 7 heteroatoms. The van der Waals surface area contributed by atoms with E-state index >= 15 is 0 Å². The highest BCUT2D eigenvalue weighted by molar-refractivity contribution is 5.92. The van der Waals surface area contributed by atoms with Gasteiger partial charge in [-0.3, -0.25) is 4.79 Å². The molecule has 162 valence electrons. The summed E-state index contributed by atoms with van der Waals surface area (Å²) in [5.41, 5.74) is 3.98.